The van der Waals surface area contributed by atoms with E-state index >= 15 is 0 Å². The minimum absolute atomic E-state index is 0.0199. The molecule has 1 aliphatic rings. The standard InChI is InChI=1S/C20H20N4O3/c25-19(14-26-17-5-3-9-21-13-17)24-10-7-16(8-11-24)27-20-18-6-2-1-4-15(18)12-22-23-20/h1-6,9,12-13,16H,7-8,10-11,14H2. The Hall–Kier alpha value is -3.22. The molecule has 0 N–H and O–H groups in total. The lowest BCUT2D eigenvalue weighted by molar-refractivity contribution is -0.135. The van der Waals surface area contributed by atoms with E-state index in [1.807, 2.05) is 29.2 Å². The van der Waals surface area contributed by atoms with Gasteiger partial charge in [-0.25, -0.2) is 0 Å². The fourth-order valence-corrected chi connectivity index (χ4v) is 3.14. The van der Waals surface area contributed by atoms with Crippen LogP contribution in [0.25, 0.3) is 10.8 Å². The van der Waals surface area contributed by atoms with Gasteiger partial charge in [-0.05, 0) is 18.2 Å². The minimum atomic E-state index is -0.0257. The van der Waals surface area contributed by atoms with Gasteiger partial charge in [0, 0.05) is 42.9 Å². The molecule has 7 nitrogen and oxygen atoms in total. The van der Waals surface area contributed by atoms with Crippen molar-refractivity contribution in [1.82, 2.24) is 20.1 Å². The lowest BCUT2D eigenvalue weighted by Crippen LogP contribution is -2.43. The summed E-state index contributed by atoms with van der Waals surface area (Å²) in [6.45, 7) is 1.29. The normalized spacial score (nSPS) is 14.9. The third kappa shape index (κ3) is 4.13. The summed E-state index contributed by atoms with van der Waals surface area (Å²) >= 11 is 0. The van der Waals surface area contributed by atoms with E-state index in [1.54, 1.807) is 30.7 Å². The van der Waals surface area contributed by atoms with E-state index in [0.29, 0.717) is 24.7 Å². The molecular formula is C20H20N4O3. The SMILES string of the molecule is O=C(COc1cccnc1)N1CCC(Oc2nncc3ccccc23)CC1. The molecule has 1 aliphatic heterocycles. The first-order valence-electron chi connectivity index (χ1n) is 8.97. The predicted octanol–water partition coefficient (Wildman–Crippen LogP) is 2.47. The molecule has 3 heterocycles. The third-order valence-electron chi connectivity index (χ3n) is 4.61. The summed E-state index contributed by atoms with van der Waals surface area (Å²) in [5.41, 5.74) is 0. The number of fused-ring (bicyclic) bond motifs is 1. The lowest BCUT2D eigenvalue weighted by Gasteiger charge is -2.31. The summed E-state index contributed by atoms with van der Waals surface area (Å²) in [4.78, 5) is 18.1. The Morgan fingerprint density at radius 3 is 2.78 bits per heavy atom. The summed E-state index contributed by atoms with van der Waals surface area (Å²) in [5.74, 6) is 1.12. The number of amides is 1. The van der Waals surface area contributed by atoms with E-state index in [1.165, 1.54) is 0 Å². The van der Waals surface area contributed by atoms with Crippen molar-refractivity contribution in [2.24, 2.45) is 0 Å². The quantitative estimate of drug-likeness (QED) is 0.692. The van der Waals surface area contributed by atoms with Crippen LogP contribution in [-0.4, -0.2) is 51.8 Å². The van der Waals surface area contributed by atoms with Crippen LogP contribution < -0.4 is 9.47 Å². The molecule has 1 saturated heterocycles. The molecule has 1 amide bonds. The van der Waals surface area contributed by atoms with Crippen molar-refractivity contribution in [2.45, 2.75) is 18.9 Å². The van der Waals surface area contributed by atoms with E-state index in [9.17, 15) is 4.79 Å². The number of hydrogen-bond donors (Lipinski definition) is 0. The third-order valence-corrected chi connectivity index (χ3v) is 4.61. The van der Waals surface area contributed by atoms with Crippen LogP contribution in [0.1, 0.15) is 12.8 Å². The van der Waals surface area contributed by atoms with Crippen molar-refractivity contribution in [2.75, 3.05) is 19.7 Å². The Morgan fingerprint density at radius 2 is 1.96 bits per heavy atom. The van der Waals surface area contributed by atoms with Crippen LogP contribution in [0.3, 0.4) is 0 Å². The average molecular weight is 364 g/mol. The number of rotatable bonds is 5. The molecule has 138 valence electrons. The predicted molar refractivity (Wildman–Crippen MR) is 99.5 cm³/mol. The average Bonchev–Trinajstić information content (AvgIpc) is 2.74. The molecule has 4 rings (SSSR count). The van der Waals surface area contributed by atoms with Crippen LogP contribution in [-0.2, 0) is 4.79 Å². The van der Waals surface area contributed by atoms with Crippen molar-refractivity contribution in [3.63, 3.8) is 0 Å². The highest BCUT2D eigenvalue weighted by Crippen LogP contribution is 2.25. The summed E-state index contributed by atoms with van der Waals surface area (Å²) in [6.07, 6.45) is 6.52. The first-order valence-corrected chi connectivity index (χ1v) is 8.97. The van der Waals surface area contributed by atoms with Gasteiger partial charge in [0.15, 0.2) is 6.61 Å². The van der Waals surface area contributed by atoms with Gasteiger partial charge in [-0.15, -0.1) is 5.10 Å². The van der Waals surface area contributed by atoms with Gasteiger partial charge in [-0.1, -0.05) is 18.2 Å². The molecule has 0 aliphatic carbocycles. The molecule has 0 bridgehead atoms. The van der Waals surface area contributed by atoms with Gasteiger partial charge >= 0.3 is 0 Å². The van der Waals surface area contributed by atoms with Gasteiger partial charge in [0.25, 0.3) is 5.91 Å². The molecular weight excluding hydrogens is 344 g/mol. The van der Waals surface area contributed by atoms with Gasteiger partial charge < -0.3 is 14.4 Å². The zero-order valence-electron chi connectivity index (χ0n) is 14.8. The minimum Gasteiger partial charge on any atom is -0.482 e. The van der Waals surface area contributed by atoms with Gasteiger partial charge in [0.05, 0.1) is 12.4 Å². The zero-order chi connectivity index (χ0) is 18.5. The smallest absolute Gasteiger partial charge is 0.260 e. The van der Waals surface area contributed by atoms with Gasteiger partial charge in [-0.3, -0.25) is 9.78 Å². The molecule has 2 aromatic heterocycles. The number of benzene rings is 1. The Labute approximate surface area is 156 Å². The Balaban J connectivity index is 1.30. The van der Waals surface area contributed by atoms with E-state index in [4.69, 9.17) is 9.47 Å². The number of likely N-dealkylation sites (tertiary alicyclic amines) is 1. The summed E-state index contributed by atoms with van der Waals surface area (Å²) in [6, 6.07) is 11.4. The maximum absolute atomic E-state index is 12.3. The van der Waals surface area contributed by atoms with Crippen molar-refractivity contribution in [1.29, 1.82) is 0 Å². The number of nitrogens with zero attached hydrogens (tertiary/aromatic N) is 4. The topological polar surface area (TPSA) is 77.4 Å². The highest BCUT2D eigenvalue weighted by atomic mass is 16.5. The fraction of sp³-hybridized carbons (Fsp3) is 0.300. The fourth-order valence-electron chi connectivity index (χ4n) is 3.14. The van der Waals surface area contributed by atoms with E-state index < -0.39 is 0 Å². The highest BCUT2D eigenvalue weighted by Gasteiger charge is 2.25. The monoisotopic (exact) mass is 364 g/mol. The van der Waals surface area contributed by atoms with Crippen molar-refractivity contribution in [3.8, 4) is 11.6 Å². The number of piperidine rings is 1. The van der Waals surface area contributed by atoms with Crippen LogP contribution in [0, 0.1) is 0 Å². The highest BCUT2D eigenvalue weighted by molar-refractivity contribution is 5.85. The molecule has 0 atom stereocenters. The van der Waals surface area contributed by atoms with E-state index in [2.05, 4.69) is 15.2 Å². The van der Waals surface area contributed by atoms with Gasteiger partial charge in [-0.2, -0.15) is 5.10 Å². The number of hydrogen-bond acceptors (Lipinski definition) is 6. The lowest BCUT2D eigenvalue weighted by atomic mass is 10.1. The van der Waals surface area contributed by atoms with Crippen LogP contribution in [0.15, 0.2) is 55.0 Å². The number of carbonyl (C=O) groups is 1. The molecule has 0 unspecified atom stereocenters. The maximum Gasteiger partial charge on any atom is 0.260 e. The molecule has 7 heteroatoms. The first kappa shape index (κ1) is 17.2. The van der Waals surface area contributed by atoms with E-state index in [0.717, 1.165) is 23.6 Å². The molecule has 27 heavy (non-hydrogen) atoms. The van der Waals surface area contributed by atoms with Crippen LogP contribution >= 0.6 is 0 Å². The van der Waals surface area contributed by atoms with Crippen molar-refractivity contribution >= 4 is 16.7 Å². The van der Waals surface area contributed by atoms with Crippen LogP contribution in [0.5, 0.6) is 11.6 Å². The first-order chi connectivity index (χ1) is 13.3. The molecule has 0 spiro atoms. The van der Waals surface area contributed by atoms with Gasteiger partial charge in [0.2, 0.25) is 5.88 Å². The molecule has 0 saturated carbocycles. The molecule has 3 aromatic rings. The Kier molecular flexibility index (Phi) is 5.09. The number of carbonyl (C=O) groups excluding carboxylic acids is 1. The van der Waals surface area contributed by atoms with Crippen LogP contribution in [0.2, 0.25) is 0 Å². The number of pyridine rings is 1. The zero-order valence-corrected chi connectivity index (χ0v) is 14.8. The largest absolute Gasteiger partial charge is 0.482 e. The molecule has 1 fully saturated rings. The number of ether oxygens (including phenoxy) is 2. The second kappa shape index (κ2) is 7.99. The molecule has 0 radical (unpaired) electrons. The van der Waals surface area contributed by atoms with Crippen LogP contribution in [0.4, 0.5) is 0 Å². The van der Waals surface area contributed by atoms with Crippen molar-refractivity contribution < 1.29 is 14.3 Å². The maximum atomic E-state index is 12.3. The number of aromatic nitrogens is 3. The summed E-state index contributed by atoms with van der Waals surface area (Å²) < 4.78 is 11.6. The second-order valence-electron chi connectivity index (χ2n) is 6.41. The summed E-state index contributed by atoms with van der Waals surface area (Å²) in [5, 5.41) is 10.1. The Morgan fingerprint density at radius 1 is 1.11 bits per heavy atom. The summed E-state index contributed by atoms with van der Waals surface area (Å²) in [7, 11) is 0. The second-order valence-corrected chi connectivity index (χ2v) is 6.41. The molecule has 1 aromatic carbocycles. The Bertz CT molecular complexity index is 906. The van der Waals surface area contributed by atoms with Gasteiger partial charge in [0.1, 0.15) is 11.9 Å². The van der Waals surface area contributed by atoms with E-state index in [-0.39, 0.29) is 18.6 Å². The van der Waals surface area contributed by atoms with Crippen molar-refractivity contribution in [3.05, 3.63) is 55.0 Å².